The molecule has 0 saturated carbocycles. The first kappa shape index (κ1) is 24.3. The van der Waals surface area contributed by atoms with Crippen molar-refractivity contribution in [1.29, 1.82) is 0 Å². The number of carbonyl (C=O) groups excluding carboxylic acids is 1. The number of ether oxygens (including phenoxy) is 4. The van der Waals surface area contributed by atoms with Crippen LogP contribution in [0.4, 0.5) is 5.13 Å². The van der Waals surface area contributed by atoms with Crippen LogP contribution >= 0.6 is 11.3 Å². The second-order valence-corrected chi connectivity index (χ2v) is 8.40. The van der Waals surface area contributed by atoms with E-state index in [0.717, 1.165) is 10.3 Å². The monoisotopic (exact) mass is 493 g/mol. The van der Waals surface area contributed by atoms with E-state index < -0.39 is 0 Å². The predicted octanol–water partition coefficient (Wildman–Crippen LogP) is 5.35. The molecule has 4 rings (SSSR count). The summed E-state index contributed by atoms with van der Waals surface area (Å²) in [5, 5.41) is 0.517. The van der Waals surface area contributed by atoms with Crippen molar-refractivity contribution < 1.29 is 23.7 Å². The third kappa shape index (κ3) is 5.14. The van der Waals surface area contributed by atoms with E-state index in [-0.39, 0.29) is 12.5 Å². The van der Waals surface area contributed by atoms with Gasteiger partial charge in [-0.2, -0.15) is 0 Å². The number of benzene rings is 2. The zero-order valence-corrected chi connectivity index (χ0v) is 20.9. The van der Waals surface area contributed by atoms with E-state index in [0.29, 0.717) is 52.4 Å². The molecule has 0 radical (unpaired) electrons. The molecule has 0 spiro atoms. The number of hydrogen-bond donors (Lipinski definition) is 0. The minimum Gasteiger partial charge on any atom is -0.495 e. The molecule has 0 bridgehead atoms. The Bertz CT molecular complexity index is 1270. The molecule has 0 aliphatic carbocycles. The summed E-state index contributed by atoms with van der Waals surface area (Å²) in [6.07, 6.45) is 3.43. The number of aromatic nitrogens is 2. The van der Waals surface area contributed by atoms with Gasteiger partial charge in [0.15, 0.2) is 16.6 Å². The molecule has 0 aliphatic heterocycles. The summed E-state index contributed by atoms with van der Waals surface area (Å²) in [5.41, 5.74) is 1.96. The molecule has 2 aromatic heterocycles. The van der Waals surface area contributed by atoms with Crippen molar-refractivity contribution in [2.75, 3.05) is 32.3 Å². The summed E-state index contributed by atoms with van der Waals surface area (Å²) >= 11 is 1.37. The molecule has 2 heterocycles. The number of amides is 1. The summed E-state index contributed by atoms with van der Waals surface area (Å²) in [5.74, 6) is 2.16. The summed E-state index contributed by atoms with van der Waals surface area (Å²) in [7, 11) is 3.20. The van der Waals surface area contributed by atoms with E-state index in [1.807, 2.05) is 32.0 Å². The van der Waals surface area contributed by atoms with Crippen LogP contribution in [0.2, 0.25) is 0 Å². The van der Waals surface area contributed by atoms with Gasteiger partial charge in [-0.3, -0.25) is 14.7 Å². The second-order valence-electron chi connectivity index (χ2n) is 7.42. The first-order valence-corrected chi connectivity index (χ1v) is 12.0. The fourth-order valence-electron chi connectivity index (χ4n) is 3.63. The number of fused-ring (bicyclic) bond motifs is 1. The number of rotatable bonds is 10. The average Bonchev–Trinajstić information content (AvgIpc) is 3.33. The van der Waals surface area contributed by atoms with Crippen LogP contribution in [0.1, 0.15) is 29.8 Å². The van der Waals surface area contributed by atoms with Gasteiger partial charge in [0.2, 0.25) is 0 Å². The van der Waals surface area contributed by atoms with Crippen LogP contribution in [0.5, 0.6) is 23.0 Å². The molecule has 0 aliphatic rings. The van der Waals surface area contributed by atoms with Crippen molar-refractivity contribution in [2.45, 2.75) is 20.4 Å². The number of methoxy groups -OCH3 is 2. The standard InChI is InChI=1S/C26H27N3O5S/c1-5-33-19-10-9-18(14-22(19)34-6-2)25(30)29(16-17-8-7-13-27-15-17)26-28-23-20(31-3)11-12-21(32-4)24(23)35-26/h7-15H,5-6,16H2,1-4H3. The molecule has 0 atom stereocenters. The van der Waals surface area contributed by atoms with E-state index >= 15 is 0 Å². The SMILES string of the molecule is CCOc1ccc(C(=O)N(Cc2cccnc2)c2nc3c(OC)ccc(OC)c3s2)cc1OCC. The molecule has 0 unspecified atom stereocenters. The van der Waals surface area contributed by atoms with Crippen LogP contribution in [-0.2, 0) is 6.54 Å². The lowest BCUT2D eigenvalue weighted by Crippen LogP contribution is -2.30. The van der Waals surface area contributed by atoms with Crippen molar-refractivity contribution in [3.8, 4) is 23.0 Å². The Morgan fingerprint density at radius 2 is 1.66 bits per heavy atom. The summed E-state index contributed by atoms with van der Waals surface area (Å²) in [6.45, 7) is 5.03. The van der Waals surface area contributed by atoms with E-state index in [2.05, 4.69) is 4.98 Å². The highest BCUT2D eigenvalue weighted by atomic mass is 32.1. The molecule has 8 nitrogen and oxygen atoms in total. The third-order valence-corrected chi connectivity index (χ3v) is 6.32. The second kappa shape index (κ2) is 11.1. The Hall–Kier alpha value is -3.85. The number of carbonyl (C=O) groups is 1. The van der Waals surface area contributed by atoms with Gasteiger partial charge in [0.25, 0.3) is 5.91 Å². The van der Waals surface area contributed by atoms with Crippen LogP contribution in [0.15, 0.2) is 54.9 Å². The van der Waals surface area contributed by atoms with Crippen molar-refractivity contribution in [1.82, 2.24) is 9.97 Å². The molecule has 2 aromatic carbocycles. The molecule has 4 aromatic rings. The molecule has 182 valence electrons. The summed E-state index contributed by atoms with van der Waals surface area (Å²) in [4.78, 5) is 24.5. The maximum Gasteiger partial charge on any atom is 0.260 e. The largest absolute Gasteiger partial charge is 0.495 e. The van der Waals surface area contributed by atoms with Crippen LogP contribution < -0.4 is 23.8 Å². The smallest absolute Gasteiger partial charge is 0.260 e. The molecule has 0 saturated heterocycles. The van der Waals surface area contributed by atoms with Crippen LogP contribution in [0.25, 0.3) is 10.2 Å². The van der Waals surface area contributed by atoms with Gasteiger partial charge < -0.3 is 18.9 Å². The van der Waals surface area contributed by atoms with Crippen molar-refractivity contribution in [2.24, 2.45) is 0 Å². The van der Waals surface area contributed by atoms with Gasteiger partial charge in [0, 0.05) is 18.0 Å². The van der Waals surface area contributed by atoms with E-state index in [9.17, 15) is 4.79 Å². The predicted molar refractivity (Wildman–Crippen MR) is 136 cm³/mol. The minimum atomic E-state index is -0.227. The lowest BCUT2D eigenvalue weighted by atomic mass is 10.1. The molecule has 0 N–H and O–H groups in total. The molecular weight excluding hydrogens is 466 g/mol. The number of thiazole rings is 1. The highest BCUT2D eigenvalue weighted by Crippen LogP contribution is 2.41. The Morgan fingerprint density at radius 1 is 0.943 bits per heavy atom. The highest BCUT2D eigenvalue weighted by Gasteiger charge is 2.25. The zero-order valence-electron chi connectivity index (χ0n) is 20.1. The number of hydrogen-bond acceptors (Lipinski definition) is 8. The van der Waals surface area contributed by atoms with Gasteiger partial charge in [-0.15, -0.1) is 0 Å². The van der Waals surface area contributed by atoms with Crippen molar-refractivity contribution in [3.63, 3.8) is 0 Å². The average molecular weight is 494 g/mol. The normalized spacial score (nSPS) is 10.7. The van der Waals surface area contributed by atoms with E-state index in [1.165, 1.54) is 11.3 Å². The first-order valence-electron chi connectivity index (χ1n) is 11.2. The molecule has 0 fully saturated rings. The Morgan fingerprint density at radius 3 is 2.34 bits per heavy atom. The van der Waals surface area contributed by atoms with Gasteiger partial charge in [0.1, 0.15) is 21.7 Å². The fourth-order valence-corrected chi connectivity index (χ4v) is 4.70. The number of nitrogens with zero attached hydrogens (tertiary/aromatic N) is 3. The van der Waals surface area contributed by atoms with Gasteiger partial charge >= 0.3 is 0 Å². The van der Waals surface area contributed by atoms with E-state index in [4.69, 9.17) is 23.9 Å². The minimum absolute atomic E-state index is 0.227. The number of pyridine rings is 1. The van der Waals surface area contributed by atoms with Gasteiger partial charge in [-0.05, 0) is 55.8 Å². The topological polar surface area (TPSA) is 83.0 Å². The van der Waals surface area contributed by atoms with E-state index in [1.54, 1.807) is 55.8 Å². The highest BCUT2D eigenvalue weighted by molar-refractivity contribution is 7.22. The lowest BCUT2D eigenvalue weighted by molar-refractivity contribution is 0.0984. The Balaban J connectivity index is 1.81. The Labute approximate surface area is 208 Å². The lowest BCUT2D eigenvalue weighted by Gasteiger charge is -2.21. The maximum absolute atomic E-state index is 13.9. The van der Waals surface area contributed by atoms with Crippen LogP contribution in [0.3, 0.4) is 0 Å². The van der Waals surface area contributed by atoms with Crippen LogP contribution in [-0.4, -0.2) is 43.3 Å². The zero-order chi connectivity index (χ0) is 24.8. The maximum atomic E-state index is 13.9. The molecule has 1 amide bonds. The van der Waals surface area contributed by atoms with Crippen molar-refractivity contribution in [3.05, 3.63) is 66.0 Å². The fraction of sp³-hybridized carbons (Fsp3) is 0.269. The van der Waals surface area contributed by atoms with Crippen LogP contribution in [0, 0.1) is 0 Å². The van der Waals surface area contributed by atoms with Gasteiger partial charge in [-0.25, -0.2) is 4.98 Å². The number of anilines is 1. The van der Waals surface area contributed by atoms with Gasteiger partial charge in [-0.1, -0.05) is 17.4 Å². The molecule has 9 heteroatoms. The quantitative estimate of drug-likeness (QED) is 0.294. The molecular formula is C26H27N3O5S. The molecule has 35 heavy (non-hydrogen) atoms. The third-order valence-electron chi connectivity index (χ3n) is 5.23. The first-order chi connectivity index (χ1) is 17.1. The summed E-state index contributed by atoms with van der Waals surface area (Å²) < 4.78 is 23.2. The van der Waals surface area contributed by atoms with Gasteiger partial charge in [0.05, 0.1) is 34.0 Å². The summed E-state index contributed by atoms with van der Waals surface area (Å²) in [6, 6.07) is 12.6. The van der Waals surface area contributed by atoms with Crippen molar-refractivity contribution >= 4 is 32.6 Å². The Kier molecular flexibility index (Phi) is 7.67.